The highest BCUT2D eigenvalue weighted by Gasteiger charge is 2.24. The fraction of sp³-hybridized carbons (Fsp3) is 0.600. The lowest BCUT2D eigenvalue weighted by molar-refractivity contribution is 0.110. The van der Waals surface area contributed by atoms with Crippen LogP contribution in [0.3, 0.4) is 0 Å². The molecule has 1 aromatic carbocycles. The van der Waals surface area contributed by atoms with Crippen molar-refractivity contribution in [2.24, 2.45) is 0 Å². The predicted molar refractivity (Wildman–Crippen MR) is 143 cm³/mol. The smallest absolute Gasteiger partial charge is 0.237 e. The van der Waals surface area contributed by atoms with Crippen molar-refractivity contribution in [3.05, 3.63) is 23.4 Å². The van der Waals surface area contributed by atoms with Gasteiger partial charge < -0.3 is 34.8 Å². The number of halogens is 1. The van der Waals surface area contributed by atoms with Crippen LogP contribution < -0.4 is 25.0 Å². The summed E-state index contributed by atoms with van der Waals surface area (Å²) < 4.78 is 11.9. The quantitative estimate of drug-likeness (QED) is 0.557. The Balaban J connectivity index is 1.52. The monoisotopic (exact) mass is 503 g/mol. The Morgan fingerprint density at radius 1 is 1.06 bits per heavy atom. The van der Waals surface area contributed by atoms with E-state index in [0.717, 1.165) is 74.7 Å². The topological polar surface area (TPSA) is 78.0 Å². The van der Waals surface area contributed by atoms with Gasteiger partial charge in [-0.05, 0) is 52.9 Å². The van der Waals surface area contributed by atoms with Crippen LogP contribution in [0.1, 0.15) is 25.7 Å². The van der Waals surface area contributed by atoms with Crippen LogP contribution >= 0.6 is 11.6 Å². The van der Waals surface area contributed by atoms with Crippen molar-refractivity contribution in [3.8, 4) is 11.6 Å². The largest absolute Gasteiger partial charge is 0.494 e. The maximum Gasteiger partial charge on any atom is 0.237 e. The van der Waals surface area contributed by atoms with E-state index in [1.165, 1.54) is 0 Å². The number of aromatic nitrogens is 2. The van der Waals surface area contributed by atoms with Crippen molar-refractivity contribution in [2.45, 2.75) is 37.8 Å². The molecular weight excluding hydrogens is 466 g/mol. The summed E-state index contributed by atoms with van der Waals surface area (Å²) in [6.07, 6.45) is 5.86. The number of rotatable bonds is 8. The molecule has 1 aromatic heterocycles. The number of nitrogens with one attached hydrogen (secondary N) is 2. The summed E-state index contributed by atoms with van der Waals surface area (Å²) >= 11 is 6.36. The van der Waals surface area contributed by atoms with Gasteiger partial charge in [-0.2, -0.15) is 4.98 Å². The summed E-state index contributed by atoms with van der Waals surface area (Å²) in [5.74, 6) is 1.55. The normalized spacial score (nSPS) is 18.1. The van der Waals surface area contributed by atoms with Gasteiger partial charge in [0.15, 0.2) is 0 Å². The Bertz CT molecular complexity index is 990. The van der Waals surface area contributed by atoms with E-state index in [4.69, 9.17) is 21.1 Å². The standard InChI is InChI=1S/C25H38ClN7O2/c1-27-20-14-21(23(34-5)15-22(20)33-12-6-17(7-13-33)31(2)3)29-25-28-16-19(26)24(30-25)35-18-8-10-32(4)11-9-18/h14-18,27H,6-13H2,1-5H3,(H,28,29,30). The molecule has 3 heterocycles. The van der Waals surface area contributed by atoms with E-state index in [1.807, 2.05) is 13.1 Å². The molecule has 0 unspecified atom stereocenters. The second-order valence-corrected chi connectivity index (χ2v) is 10.0. The number of hydrogen-bond acceptors (Lipinski definition) is 9. The van der Waals surface area contributed by atoms with Gasteiger partial charge >= 0.3 is 0 Å². The molecule has 0 aliphatic carbocycles. The molecule has 2 saturated heterocycles. The molecule has 0 saturated carbocycles. The summed E-state index contributed by atoms with van der Waals surface area (Å²) in [7, 11) is 10.1. The lowest BCUT2D eigenvalue weighted by atomic mass is 10.0. The van der Waals surface area contributed by atoms with Gasteiger partial charge in [0, 0.05) is 45.3 Å². The third-order valence-electron chi connectivity index (χ3n) is 7.02. The van der Waals surface area contributed by atoms with Crippen molar-refractivity contribution in [1.82, 2.24) is 19.8 Å². The van der Waals surface area contributed by atoms with E-state index in [2.05, 4.69) is 62.5 Å². The minimum absolute atomic E-state index is 0.104. The third-order valence-corrected chi connectivity index (χ3v) is 7.28. The van der Waals surface area contributed by atoms with Crippen LogP contribution in [0.15, 0.2) is 18.3 Å². The molecule has 2 aromatic rings. The first-order valence-corrected chi connectivity index (χ1v) is 12.7. The molecule has 0 radical (unpaired) electrons. The van der Waals surface area contributed by atoms with Crippen LogP contribution in [-0.4, -0.2) is 93.4 Å². The van der Waals surface area contributed by atoms with Crippen LogP contribution in [0.2, 0.25) is 5.02 Å². The lowest BCUT2D eigenvalue weighted by Crippen LogP contribution is -2.42. The van der Waals surface area contributed by atoms with E-state index < -0.39 is 0 Å². The molecule has 0 spiro atoms. The van der Waals surface area contributed by atoms with Crippen molar-refractivity contribution in [1.29, 1.82) is 0 Å². The molecule has 4 rings (SSSR count). The zero-order valence-corrected chi connectivity index (χ0v) is 22.2. The van der Waals surface area contributed by atoms with Gasteiger partial charge in [0.2, 0.25) is 11.8 Å². The van der Waals surface area contributed by atoms with E-state index >= 15 is 0 Å². The fourth-order valence-electron chi connectivity index (χ4n) is 4.80. The minimum Gasteiger partial charge on any atom is -0.494 e. The Kier molecular flexibility index (Phi) is 8.41. The first-order valence-electron chi connectivity index (χ1n) is 12.3. The highest BCUT2D eigenvalue weighted by molar-refractivity contribution is 6.31. The highest BCUT2D eigenvalue weighted by atomic mass is 35.5. The van der Waals surface area contributed by atoms with E-state index in [-0.39, 0.29) is 6.10 Å². The zero-order valence-electron chi connectivity index (χ0n) is 21.5. The number of hydrogen-bond donors (Lipinski definition) is 2. The molecule has 2 aliphatic rings. The van der Waals surface area contributed by atoms with Gasteiger partial charge in [-0.25, -0.2) is 4.98 Å². The Morgan fingerprint density at radius 3 is 2.40 bits per heavy atom. The number of ether oxygens (including phenoxy) is 2. The van der Waals surface area contributed by atoms with Crippen LogP contribution in [-0.2, 0) is 0 Å². The molecule has 2 N–H and O–H groups in total. The number of benzene rings is 1. The van der Waals surface area contributed by atoms with Crippen molar-refractivity contribution in [3.63, 3.8) is 0 Å². The molecule has 0 bridgehead atoms. The molecule has 0 amide bonds. The third kappa shape index (κ3) is 6.20. The predicted octanol–water partition coefficient (Wildman–Crippen LogP) is 3.93. The van der Waals surface area contributed by atoms with Crippen LogP contribution in [0.4, 0.5) is 23.0 Å². The van der Waals surface area contributed by atoms with Gasteiger partial charge in [-0.1, -0.05) is 11.6 Å². The summed E-state index contributed by atoms with van der Waals surface area (Å²) in [6.45, 7) is 4.01. The number of nitrogens with zero attached hydrogens (tertiary/aromatic N) is 5. The van der Waals surface area contributed by atoms with Gasteiger partial charge in [0.05, 0.1) is 30.4 Å². The lowest BCUT2D eigenvalue weighted by Gasteiger charge is -2.37. The SMILES string of the molecule is CNc1cc(Nc2ncc(Cl)c(OC3CCN(C)CC3)n2)c(OC)cc1N1CCC(N(C)C)CC1. The summed E-state index contributed by atoms with van der Waals surface area (Å²) in [5.41, 5.74) is 2.93. The number of likely N-dealkylation sites (tertiary alicyclic amines) is 1. The molecular formula is C25H38ClN7O2. The second-order valence-electron chi connectivity index (χ2n) is 9.59. The van der Waals surface area contributed by atoms with Crippen molar-refractivity contribution in [2.75, 3.05) is 77.0 Å². The number of piperidine rings is 2. The maximum absolute atomic E-state index is 6.36. The Labute approximate surface area is 213 Å². The first kappa shape index (κ1) is 25.6. The molecule has 9 nitrogen and oxygen atoms in total. The van der Waals surface area contributed by atoms with Crippen LogP contribution in [0.5, 0.6) is 11.6 Å². The molecule has 35 heavy (non-hydrogen) atoms. The summed E-state index contributed by atoms with van der Waals surface area (Å²) in [4.78, 5) is 16.0. The van der Waals surface area contributed by atoms with Crippen molar-refractivity contribution < 1.29 is 9.47 Å². The summed E-state index contributed by atoms with van der Waals surface area (Å²) in [6, 6.07) is 4.75. The average molecular weight is 504 g/mol. The molecule has 10 heteroatoms. The molecule has 192 valence electrons. The average Bonchev–Trinajstić information content (AvgIpc) is 2.87. The van der Waals surface area contributed by atoms with E-state index in [0.29, 0.717) is 22.9 Å². The van der Waals surface area contributed by atoms with Crippen molar-refractivity contribution >= 4 is 34.6 Å². The second kappa shape index (κ2) is 11.5. The van der Waals surface area contributed by atoms with Crippen LogP contribution in [0.25, 0.3) is 0 Å². The van der Waals surface area contributed by atoms with Crippen LogP contribution in [0, 0.1) is 0 Å². The van der Waals surface area contributed by atoms with Gasteiger partial charge in [-0.3, -0.25) is 0 Å². The van der Waals surface area contributed by atoms with Gasteiger partial charge in [0.1, 0.15) is 16.9 Å². The van der Waals surface area contributed by atoms with E-state index in [9.17, 15) is 0 Å². The number of methoxy groups -OCH3 is 1. The van der Waals surface area contributed by atoms with Gasteiger partial charge in [-0.15, -0.1) is 0 Å². The zero-order chi connectivity index (χ0) is 24.9. The minimum atomic E-state index is 0.104. The Hall–Kier alpha value is -2.49. The number of anilines is 4. The highest BCUT2D eigenvalue weighted by Crippen LogP contribution is 2.39. The molecule has 2 aliphatic heterocycles. The first-order chi connectivity index (χ1) is 16.9. The summed E-state index contributed by atoms with van der Waals surface area (Å²) in [5, 5.41) is 7.06. The van der Waals surface area contributed by atoms with E-state index in [1.54, 1.807) is 13.3 Å². The fourth-order valence-corrected chi connectivity index (χ4v) is 4.93. The molecule has 2 fully saturated rings. The maximum atomic E-state index is 6.36. The Morgan fingerprint density at radius 2 is 1.77 bits per heavy atom. The van der Waals surface area contributed by atoms with Gasteiger partial charge in [0.25, 0.3) is 0 Å². The molecule has 0 atom stereocenters.